The largest absolute Gasteiger partial charge is 0.394 e. The molecule has 1 aromatic carbocycles. The molecule has 1 aromatic rings. The van der Waals surface area contributed by atoms with Gasteiger partial charge in [0.1, 0.15) is 0 Å². The number of morpholine rings is 1. The number of ether oxygens (including phenoxy) is 1. The summed E-state index contributed by atoms with van der Waals surface area (Å²) in [5.74, 6) is 0. The minimum absolute atomic E-state index is 0.0307. The van der Waals surface area contributed by atoms with Crippen LogP contribution in [-0.2, 0) is 10.2 Å². The number of urea groups is 1. The van der Waals surface area contributed by atoms with Crippen LogP contribution in [0.4, 0.5) is 4.79 Å². The summed E-state index contributed by atoms with van der Waals surface area (Å²) in [6, 6.07) is 7.86. The smallest absolute Gasteiger partial charge is 0.317 e. The highest BCUT2D eigenvalue weighted by atomic mass is 35.5. The van der Waals surface area contributed by atoms with Crippen molar-refractivity contribution < 1.29 is 14.6 Å². The Labute approximate surface area is 141 Å². The van der Waals surface area contributed by atoms with Crippen LogP contribution in [0.1, 0.15) is 24.8 Å². The maximum atomic E-state index is 12.4. The van der Waals surface area contributed by atoms with E-state index in [1.54, 1.807) is 4.90 Å². The zero-order valence-corrected chi connectivity index (χ0v) is 13.9. The first kappa shape index (κ1) is 16.6. The summed E-state index contributed by atoms with van der Waals surface area (Å²) in [5, 5.41) is 13.0. The maximum absolute atomic E-state index is 12.4. The van der Waals surface area contributed by atoms with E-state index in [4.69, 9.17) is 16.3 Å². The predicted molar refractivity (Wildman–Crippen MR) is 88.8 cm³/mol. The van der Waals surface area contributed by atoms with Gasteiger partial charge in [-0.3, -0.25) is 0 Å². The Balaban J connectivity index is 1.59. The lowest BCUT2D eigenvalue weighted by molar-refractivity contribution is -0.0404. The number of hydrogen-bond donors (Lipinski definition) is 2. The fraction of sp³-hybridized carbons (Fsp3) is 0.588. The lowest BCUT2D eigenvalue weighted by Crippen LogP contribution is -2.53. The molecule has 1 heterocycles. The first-order chi connectivity index (χ1) is 11.1. The van der Waals surface area contributed by atoms with Crippen LogP contribution in [0, 0.1) is 0 Å². The van der Waals surface area contributed by atoms with Crippen LogP contribution in [0.2, 0.25) is 5.02 Å². The van der Waals surface area contributed by atoms with Gasteiger partial charge >= 0.3 is 6.03 Å². The van der Waals surface area contributed by atoms with Crippen molar-refractivity contribution in [2.75, 3.05) is 32.8 Å². The summed E-state index contributed by atoms with van der Waals surface area (Å²) in [4.78, 5) is 14.1. The van der Waals surface area contributed by atoms with Crippen LogP contribution < -0.4 is 5.32 Å². The topological polar surface area (TPSA) is 61.8 Å². The van der Waals surface area contributed by atoms with Crippen molar-refractivity contribution in [2.45, 2.75) is 30.8 Å². The molecule has 5 nitrogen and oxygen atoms in total. The van der Waals surface area contributed by atoms with E-state index in [0.717, 1.165) is 17.9 Å². The van der Waals surface area contributed by atoms with Crippen molar-refractivity contribution in [3.63, 3.8) is 0 Å². The van der Waals surface area contributed by atoms with E-state index in [0.29, 0.717) is 26.2 Å². The molecule has 1 atom stereocenters. The van der Waals surface area contributed by atoms with Crippen LogP contribution >= 0.6 is 11.6 Å². The zero-order chi connectivity index (χ0) is 16.3. The van der Waals surface area contributed by atoms with Gasteiger partial charge in [0.15, 0.2) is 0 Å². The summed E-state index contributed by atoms with van der Waals surface area (Å²) >= 11 is 5.97. The molecule has 2 N–H and O–H groups in total. The van der Waals surface area contributed by atoms with Gasteiger partial charge < -0.3 is 20.1 Å². The number of carbonyl (C=O) groups excluding carboxylic acids is 1. The van der Waals surface area contributed by atoms with Crippen molar-refractivity contribution >= 4 is 17.6 Å². The van der Waals surface area contributed by atoms with Gasteiger partial charge in [0.2, 0.25) is 0 Å². The Kier molecular flexibility index (Phi) is 5.09. The number of hydrogen-bond acceptors (Lipinski definition) is 3. The van der Waals surface area contributed by atoms with Gasteiger partial charge in [-0.1, -0.05) is 30.2 Å². The standard InChI is InChI=1S/C17H23ClN2O3/c18-14-4-2-13(3-5-14)17(6-1-7-17)12-19-16(22)20-8-9-23-15(10-20)11-21/h2-5,15,21H,1,6-12H2,(H,19,22)/t15-/m0/s1. The number of rotatable bonds is 4. The molecule has 2 fully saturated rings. The Hall–Kier alpha value is -1.30. The Morgan fingerprint density at radius 3 is 2.74 bits per heavy atom. The zero-order valence-electron chi connectivity index (χ0n) is 13.1. The molecule has 0 spiro atoms. The van der Waals surface area contributed by atoms with Crippen molar-refractivity contribution in [1.29, 1.82) is 0 Å². The molecular weight excluding hydrogens is 316 g/mol. The summed E-state index contributed by atoms with van der Waals surface area (Å²) in [5.41, 5.74) is 1.27. The monoisotopic (exact) mass is 338 g/mol. The third kappa shape index (κ3) is 3.62. The van der Waals surface area contributed by atoms with Crippen molar-refractivity contribution in [3.8, 4) is 0 Å². The van der Waals surface area contributed by atoms with E-state index in [-0.39, 0.29) is 24.2 Å². The third-order valence-corrected chi connectivity index (χ3v) is 5.23. The number of nitrogens with zero attached hydrogens (tertiary/aromatic N) is 1. The number of carbonyl (C=O) groups is 1. The second-order valence-corrected chi connectivity index (χ2v) is 6.86. The van der Waals surface area contributed by atoms with Gasteiger partial charge in [-0.2, -0.15) is 0 Å². The quantitative estimate of drug-likeness (QED) is 0.884. The van der Waals surface area contributed by atoms with Crippen molar-refractivity contribution in [3.05, 3.63) is 34.9 Å². The molecule has 6 heteroatoms. The van der Waals surface area contributed by atoms with E-state index in [9.17, 15) is 9.90 Å². The normalized spacial score (nSPS) is 23.2. The Morgan fingerprint density at radius 2 is 2.13 bits per heavy atom. The number of benzene rings is 1. The first-order valence-corrected chi connectivity index (χ1v) is 8.52. The van der Waals surface area contributed by atoms with Gasteiger partial charge in [-0.15, -0.1) is 0 Å². The van der Waals surface area contributed by atoms with E-state index in [1.165, 1.54) is 12.0 Å². The summed E-state index contributed by atoms with van der Waals surface area (Å²) in [7, 11) is 0. The highest BCUT2D eigenvalue weighted by Gasteiger charge is 2.39. The second-order valence-electron chi connectivity index (χ2n) is 6.42. The highest BCUT2D eigenvalue weighted by Crippen LogP contribution is 2.43. The van der Waals surface area contributed by atoms with Gasteiger partial charge in [0.05, 0.1) is 25.9 Å². The van der Waals surface area contributed by atoms with E-state index in [1.807, 2.05) is 12.1 Å². The fourth-order valence-corrected chi connectivity index (χ4v) is 3.47. The molecule has 3 rings (SSSR count). The molecule has 23 heavy (non-hydrogen) atoms. The molecule has 0 aromatic heterocycles. The molecule has 126 valence electrons. The molecule has 0 radical (unpaired) electrons. The van der Waals surface area contributed by atoms with E-state index in [2.05, 4.69) is 17.4 Å². The van der Waals surface area contributed by atoms with Gasteiger partial charge in [-0.05, 0) is 30.5 Å². The highest BCUT2D eigenvalue weighted by molar-refractivity contribution is 6.30. The number of nitrogens with one attached hydrogen (secondary N) is 1. The molecule has 2 amide bonds. The SMILES string of the molecule is O=C(NCC1(c2ccc(Cl)cc2)CCC1)N1CCO[C@H](CO)C1. The third-order valence-electron chi connectivity index (χ3n) is 4.97. The van der Waals surface area contributed by atoms with Crippen LogP contribution in [-0.4, -0.2) is 55.0 Å². The molecule has 2 aliphatic rings. The van der Waals surface area contributed by atoms with Crippen LogP contribution in [0.5, 0.6) is 0 Å². The van der Waals surface area contributed by atoms with Crippen LogP contribution in [0.15, 0.2) is 24.3 Å². The van der Waals surface area contributed by atoms with Crippen molar-refractivity contribution in [2.24, 2.45) is 0 Å². The molecule has 0 unspecified atom stereocenters. The first-order valence-electron chi connectivity index (χ1n) is 8.14. The summed E-state index contributed by atoms with van der Waals surface area (Å²) < 4.78 is 5.38. The lowest BCUT2D eigenvalue weighted by Gasteiger charge is -2.43. The van der Waals surface area contributed by atoms with Crippen LogP contribution in [0.3, 0.4) is 0 Å². The minimum atomic E-state index is -0.275. The van der Waals surface area contributed by atoms with Gasteiger partial charge in [-0.25, -0.2) is 4.79 Å². The molecule has 1 saturated heterocycles. The molecule has 0 bridgehead atoms. The van der Waals surface area contributed by atoms with Crippen LogP contribution in [0.25, 0.3) is 0 Å². The summed E-state index contributed by atoms with van der Waals surface area (Å²) in [6.07, 6.45) is 3.07. The number of aliphatic hydroxyl groups excluding tert-OH is 1. The molecule has 1 saturated carbocycles. The lowest BCUT2D eigenvalue weighted by atomic mass is 9.64. The average molecular weight is 339 g/mol. The average Bonchev–Trinajstić information content (AvgIpc) is 2.55. The predicted octanol–water partition coefficient (Wildman–Crippen LogP) is 2.16. The second kappa shape index (κ2) is 7.07. The van der Waals surface area contributed by atoms with E-state index < -0.39 is 0 Å². The maximum Gasteiger partial charge on any atom is 0.317 e. The number of aliphatic hydroxyl groups is 1. The minimum Gasteiger partial charge on any atom is -0.394 e. The van der Waals surface area contributed by atoms with Gasteiger partial charge in [0, 0.05) is 23.5 Å². The van der Waals surface area contributed by atoms with Gasteiger partial charge in [0.25, 0.3) is 0 Å². The Morgan fingerprint density at radius 1 is 1.39 bits per heavy atom. The summed E-state index contributed by atoms with van der Waals surface area (Å²) in [6.45, 7) is 2.06. The molecule has 1 aliphatic carbocycles. The Bertz CT molecular complexity index is 545. The fourth-order valence-electron chi connectivity index (χ4n) is 3.35. The molecule has 1 aliphatic heterocycles. The molecular formula is C17H23ClN2O3. The number of halogens is 1. The number of amides is 2. The van der Waals surface area contributed by atoms with E-state index >= 15 is 0 Å². The van der Waals surface area contributed by atoms with Crippen molar-refractivity contribution in [1.82, 2.24) is 10.2 Å².